The summed E-state index contributed by atoms with van der Waals surface area (Å²) in [7, 11) is 0. The lowest BCUT2D eigenvalue weighted by atomic mass is 10.1. The van der Waals surface area contributed by atoms with Crippen molar-refractivity contribution in [2.75, 3.05) is 18.0 Å². The molecule has 0 saturated carbocycles. The highest BCUT2D eigenvalue weighted by Gasteiger charge is 2.22. The molecule has 0 unspecified atom stereocenters. The van der Waals surface area contributed by atoms with Crippen molar-refractivity contribution < 1.29 is 9.59 Å². The van der Waals surface area contributed by atoms with E-state index in [4.69, 9.17) is 0 Å². The highest BCUT2D eigenvalue weighted by molar-refractivity contribution is 5.97. The fourth-order valence-corrected chi connectivity index (χ4v) is 3.49. The Morgan fingerprint density at radius 1 is 0.828 bits per heavy atom. The Hall–Kier alpha value is -3.60. The van der Waals surface area contributed by atoms with Crippen LogP contribution in [0.4, 0.5) is 10.5 Å². The predicted octanol–water partition coefficient (Wildman–Crippen LogP) is 4.06. The van der Waals surface area contributed by atoms with Gasteiger partial charge in [0.05, 0.1) is 0 Å². The van der Waals surface area contributed by atoms with Gasteiger partial charge < -0.3 is 10.2 Å². The van der Waals surface area contributed by atoms with E-state index in [1.54, 1.807) is 17.0 Å². The van der Waals surface area contributed by atoms with Crippen LogP contribution in [0.15, 0.2) is 84.9 Å². The second kappa shape index (κ2) is 8.61. The molecule has 0 spiro atoms. The van der Waals surface area contributed by atoms with E-state index in [2.05, 4.69) is 5.32 Å². The molecule has 1 fully saturated rings. The minimum atomic E-state index is -0.0983. The molecular formula is C24H23N3O2. The van der Waals surface area contributed by atoms with Crippen LogP contribution in [-0.2, 0) is 13.1 Å². The number of amides is 3. The third kappa shape index (κ3) is 4.46. The zero-order valence-corrected chi connectivity index (χ0v) is 16.1. The molecule has 3 aromatic rings. The first-order valence-corrected chi connectivity index (χ1v) is 9.73. The zero-order chi connectivity index (χ0) is 20.1. The normalized spacial score (nSPS) is 13.2. The molecule has 1 heterocycles. The quantitative estimate of drug-likeness (QED) is 0.696. The molecule has 3 aromatic carbocycles. The Bertz CT molecular complexity index is 931. The van der Waals surface area contributed by atoms with Crippen molar-refractivity contribution in [3.63, 3.8) is 0 Å². The van der Waals surface area contributed by atoms with Gasteiger partial charge in [0.2, 0.25) is 0 Å². The van der Waals surface area contributed by atoms with Gasteiger partial charge in [0, 0.05) is 37.4 Å². The van der Waals surface area contributed by atoms with Crippen LogP contribution in [0.5, 0.6) is 0 Å². The fourth-order valence-electron chi connectivity index (χ4n) is 3.49. The lowest BCUT2D eigenvalue weighted by molar-refractivity contribution is 0.0730. The number of carbonyl (C=O) groups excluding carboxylic acids is 2. The van der Waals surface area contributed by atoms with Gasteiger partial charge >= 0.3 is 6.03 Å². The topological polar surface area (TPSA) is 52.7 Å². The molecule has 146 valence electrons. The molecule has 1 aliphatic heterocycles. The van der Waals surface area contributed by atoms with Crippen molar-refractivity contribution in [1.29, 1.82) is 0 Å². The molecule has 5 heteroatoms. The van der Waals surface area contributed by atoms with Gasteiger partial charge in [0.25, 0.3) is 5.91 Å². The van der Waals surface area contributed by atoms with Crippen LogP contribution in [0.1, 0.15) is 21.5 Å². The van der Waals surface area contributed by atoms with Gasteiger partial charge in [-0.05, 0) is 35.4 Å². The van der Waals surface area contributed by atoms with E-state index in [1.165, 1.54) is 0 Å². The SMILES string of the molecule is O=C(c1ccc(N2CCNC2=O)cc1)N(Cc1ccccc1)Cc1ccccc1. The van der Waals surface area contributed by atoms with Crippen LogP contribution < -0.4 is 10.2 Å². The summed E-state index contributed by atoms with van der Waals surface area (Å²) in [6.45, 7) is 2.34. The van der Waals surface area contributed by atoms with Crippen molar-refractivity contribution in [2.45, 2.75) is 13.1 Å². The van der Waals surface area contributed by atoms with Crippen molar-refractivity contribution in [1.82, 2.24) is 10.2 Å². The molecule has 1 aliphatic rings. The minimum Gasteiger partial charge on any atom is -0.336 e. The van der Waals surface area contributed by atoms with Crippen LogP contribution in [0.3, 0.4) is 0 Å². The number of hydrogen-bond donors (Lipinski definition) is 1. The maximum atomic E-state index is 13.3. The van der Waals surface area contributed by atoms with E-state index in [0.717, 1.165) is 16.8 Å². The van der Waals surface area contributed by atoms with E-state index in [9.17, 15) is 9.59 Å². The monoisotopic (exact) mass is 385 g/mol. The molecule has 4 rings (SSSR count). The number of urea groups is 1. The standard InChI is InChI=1S/C24H23N3O2/c28-23(21-11-13-22(14-12-21)27-16-15-25-24(27)29)26(17-19-7-3-1-4-8-19)18-20-9-5-2-6-10-20/h1-14H,15-18H2,(H,25,29). The second-order valence-corrected chi connectivity index (χ2v) is 7.06. The third-order valence-corrected chi connectivity index (χ3v) is 5.00. The number of nitrogens with zero attached hydrogens (tertiary/aromatic N) is 2. The summed E-state index contributed by atoms with van der Waals surface area (Å²) in [4.78, 5) is 28.7. The molecule has 1 saturated heterocycles. The lowest BCUT2D eigenvalue weighted by Crippen LogP contribution is -2.30. The first-order valence-electron chi connectivity index (χ1n) is 9.73. The number of anilines is 1. The van der Waals surface area contributed by atoms with Gasteiger partial charge in [-0.15, -0.1) is 0 Å². The summed E-state index contributed by atoms with van der Waals surface area (Å²) >= 11 is 0. The number of nitrogens with one attached hydrogen (secondary N) is 1. The molecule has 0 atom stereocenters. The van der Waals surface area contributed by atoms with E-state index < -0.39 is 0 Å². The number of hydrogen-bond acceptors (Lipinski definition) is 2. The van der Waals surface area contributed by atoms with Crippen molar-refractivity contribution in [3.8, 4) is 0 Å². The molecule has 0 aromatic heterocycles. The van der Waals surface area contributed by atoms with E-state index in [0.29, 0.717) is 31.7 Å². The summed E-state index contributed by atoms with van der Waals surface area (Å²) in [5.41, 5.74) is 3.58. The number of benzene rings is 3. The van der Waals surface area contributed by atoms with Crippen LogP contribution in [0.25, 0.3) is 0 Å². The zero-order valence-electron chi connectivity index (χ0n) is 16.1. The van der Waals surface area contributed by atoms with Crippen molar-refractivity contribution >= 4 is 17.6 Å². The van der Waals surface area contributed by atoms with Gasteiger partial charge in [-0.2, -0.15) is 0 Å². The first-order chi connectivity index (χ1) is 14.2. The molecule has 5 nitrogen and oxygen atoms in total. The van der Waals surface area contributed by atoms with E-state index in [-0.39, 0.29) is 11.9 Å². The Kier molecular flexibility index (Phi) is 5.56. The average Bonchev–Trinajstić information content (AvgIpc) is 3.20. The molecule has 29 heavy (non-hydrogen) atoms. The average molecular weight is 385 g/mol. The molecule has 1 N–H and O–H groups in total. The largest absolute Gasteiger partial charge is 0.336 e. The molecule has 3 amide bonds. The molecular weight excluding hydrogens is 362 g/mol. The first kappa shape index (κ1) is 18.7. The summed E-state index contributed by atoms with van der Waals surface area (Å²) in [6, 6.07) is 27.2. The maximum absolute atomic E-state index is 13.3. The Labute approximate surface area is 170 Å². The van der Waals surface area contributed by atoms with Crippen molar-refractivity contribution in [2.24, 2.45) is 0 Å². The van der Waals surface area contributed by atoms with Gasteiger partial charge in [0.15, 0.2) is 0 Å². The van der Waals surface area contributed by atoms with Gasteiger partial charge in [-0.25, -0.2) is 4.79 Å². The van der Waals surface area contributed by atoms with Gasteiger partial charge in [-0.3, -0.25) is 9.69 Å². The van der Waals surface area contributed by atoms with Crippen LogP contribution in [0, 0.1) is 0 Å². The smallest absolute Gasteiger partial charge is 0.321 e. The highest BCUT2D eigenvalue weighted by Crippen LogP contribution is 2.20. The number of rotatable bonds is 6. The predicted molar refractivity (Wildman–Crippen MR) is 114 cm³/mol. The van der Waals surface area contributed by atoms with Crippen LogP contribution in [-0.4, -0.2) is 29.9 Å². The van der Waals surface area contributed by atoms with Crippen molar-refractivity contribution in [3.05, 3.63) is 102 Å². The molecule has 0 bridgehead atoms. The Morgan fingerprint density at radius 2 is 1.38 bits per heavy atom. The van der Waals surface area contributed by atoms with E-state index in [1.807, 2.05) is 77.7 Å². The molecule has 0 radical (unpaired) electrons. The van der Waals surface area contributed by atoms with Gasteiger partial charge in [-0.1, -0.05) is 60.7 Å². The summed E-state index contributed by atoms with van der Waals surface area (Å²) in [5, 5.41) is 2.79. The Morgan fingerprint density at radius 3 is 1.86 bits per heavy atom. The van der Waals surface area contributed by atoms with E-state index >= 15 is 0 Å². The van der Waals surface area contributed by atoms with Crippen LogP contribution in [0.2, 0.25) is 0 Å². The highest BCUT2D eigenvalue weighted by atomic mass is 16.2. The van der Waals surface area contributed by atoms with Crippen LogP contribution >= 0.6 is 0 Å². The van der Waals surface area contributed by atoms with Gasteiger partial charge in [0.1, 0.15) is 0 Å². The molecule has 0 aliphatic carbocycles. The summed E-state index contributed by atoms with van der Waals surface area (Å²) in [6.07, 6.45) is 0. The minimum absolute atomic E-state index is 0.0323. The lowest BCUT2D eigenvalue weighted by Gasteiger charge is -2.24. The third-order valence-electron chi connectivity index (χ3n) is 5.00. The second-order valence-electron chi connectivity index (χ2n) is 7.06. The fraction of sp³-hybridized carbons (Fsp3) is 0.167. The summed E-state index contributed by atoms with van der Waals surface area (Å²) < 4.78 is 0. The number of carbonyl (C=O) groups is 2. The summed E-state index contributed by atoms with van der Waals surface area (Å²) in [5.74, 6) is -0.0323. The maximum Gasteiger partial charge on any atom is 0.321 e. The Balaban J connectivity index is 1.56.